The quantitative estimate of drug-likeness (QED) is 0.712. The summed E-state index contributed by atoms with van der Waals surface area (Å²) in [4.78, 5) is 0. The minimum atomic E-state index is 0. The zero-order valence-electron chi connectivity index (χ0n) is 6.00. The van der Waals surface area contributed by atoms with E-state index in [9.17, 15) is 0 Å². The molecular formula is C8H12IN. The summed E-state index contributed by atoms with van der Waals surface area (Å²) in [6.45, 7) is 2.65. The van der Waals surface area contributed by atoms with Gasteiger partial charge < -0.3 is 5.73 Å². The van der Waals surface area contributed by atoms with Crippen LogP contribution in [0.15, 0.2) is 24.3 Å². The number of hydrogen-bond donors (Lipinski definition) is 1. The van der Waals surface area contributed by atoms with Gasteiger partial charge in [0.25, 0.3) is 0 Å². The first kappa shape index (κ1) is 9.91. The summed E-state index contributed by atoms with van der Waals surface area (Å²) >= 11 is 0. The molecule has 2 N–H and O–H groups in total. The van der Waals surface area contributed by atoms with E-state index in [-0.39, 0.29) is 24.0 Å². The lowest BCUT2D eigenvalue weighted by Gasteiger charge is -2.10. The minimum Gasteiger partial charge on any atom is -0.331 e. The molecule has 0 radical (unpaired) electrons. The van der Waals surface area contributed by atoms with Crippen molar-refractivity contribution in [1.82, 2.24) is 0 Å². The van der Waals surface area contributed by atoms with Gasteiger partial charge in [0.1, 0.15) is 0 Å². The Morgan fingerprint density at radius 2 is 1.30 bits per heavy atom. The van der Waals surface area contributed by atoms with Gasteiger partial charge in [0.15, 0.2) is 0 Å². The highest BCUT2D eigenvalue weighted by molar-refractivity contribution is 14.0. The fourth-order valence-corrected chi connectivity index (χ4v) is 0.663. The number of rotatable bonds is 0. The van der Waals surface area contributed by atoms with Crippen molar-refractivity contribution < 1.29 is 0 Å². The van der Waals surface area contributed by atoms with Crippen molar-refractivity contribution in [1.29, 1.82) is 0 Å². The molecular weight excluding hydrogens is 237 g/mol. The summed E-state index contributed by atoms with van der Waals surface area (Å²) in [5.74, 6) is 0. The Hall–Kier alpha value is -0.0900. The van der Waals surface area contributed by atoms with E-state index in [0.29, 0.717) is 0 Å². The predicted molar refractivity (Wildman–Crippen MR) is 55.6 cm³/mol. The van der Waals surface area contributed by atoms with E-state index in [4.69, 9.17) is 5.73 Å². The van der Waals surface area contributed by atoms with Crippen molar-refractivity contribution in [3.05, 3.63) is 24.3 Å². The van der Waals surface area contributed by atoms with Gasteiger partial charge in [-0.3, -0.25) is 0 Å². The summed E-state index contributed by atoms with van der Waals surface area (Å²) in [6, 6.07) is 8.48. The van der Waals surface area contributed by atoms with E-state index in [1.54, 1.807) is 0 Å². The van der Waals surface area contributed by atoms with Gasteiger partial charge in [0.2, 0.25) is 0 Å². The fourth-order valence-electron chi connectivity index (χ4n) is 0.663. The Labute approximate surface area is 78.6 Å². The van der Waals surface area contributed by atoms with Crippen molar-refractivity contribution in [3.8, 4) is 11.1 Å². The molecule has 10 heavy (non-hydrogen) atoms. The first-order valence-corrected chi connectivity index (χ1v) is 3.19. The zero-order chi connectivity index (χ0) is 6.69. The summed E-state index contributed by atoms with van der Waals surface area (Å²) in [5.41, 5.74) is 7.70. The second-order valence-electron chi connectivity index (χ2n) is 1.99. The van der Waals surface area contributed by atoms with E-state index in [0.717, 1.165) is 6.54 Å². The average molecular weight is 249 g/mol. The number of halogens is 1. The van der Waals surface area contributed by atoms with E-state index >= 15 is 0 Å². The molecule has 0 amide bonds. The summed E-state index contributed by atoms with van der Waals surface area (Å²) in [6.07, 6.45) is 0. The topological polar surface area (TPSA) is 26.0 Å². The normalized spacial score (nSPS) is 8.60. The van der Waals surface area contributed by atoms with Crippen LogP contribution in [0.1, 0.15) is 6.92 Å². The maximum atomic E-state index is 4.85. The lowest BCUT2D eigenvalue weighted by Crippen LogP contribution is -1.87. The van der Waals surface area contributed by atoms with Crippen molar-refractivity contribution in [2.45, 2.75) is 6.92 Å². The van der Waals surface area contributed by atoms with Gasteiger partial charge in [-0.1, -0.05) is 31.2 Å². The van der Waals surface area contributed by atoms with Gasteiger partial charge in [-0.15, -0.1) is 24.0 Å². The third-order valence-electron chi connectivity index (χ3n) is 1.22. The molecule has 0 aromatic heterocycles. The van der Waals surface area contributed by atoms with Crippen LogP contribution >= 0.6 is 24.0 Å². The second-order valence-corrected chi connectivity index (χ2v) is 1.99. The molecule has 0 atom stereocenters. The van der Waals surface area contributed by atoms with Crippen molar-refractivity contribution in [2.75, 3.05) is 6.54 Å². The van der Waals surface area contributed by atoms with E-state index in [1.165, 1.54) is 11.1 Å². The van der Waals surface area contributed by atoms with Crippen molar-refractivity contribution in [3.63, 3.8) is 0 Å². The molecule has 1 nitrogen and oxygen atoms in total. The number of nitrogens with two attached hydrogens (primary N) is 1. The van der Waals surface area contributed by atoms with Crippen LogP contribution in [-0.2, 0) is 0 Å². The van der Waals surface area contributed by atoms with E-state index in [2.05, 4.69) is 24.3 Å². The summed E-state index contributed by atoms with van der Waals surface area (Å²) < 4.78 is 0. The third-order valence-corrected chi connectivity index (χ3v) is 1.22. The Balaban J connectivity index is 0.000000183. The molecule has 0 saturated carbocycles. The molecule has 0 aliphatic heterocycles. The van der Waals surface area contributed by atoms with Crippen LogP contribution in [0, 0.1) is 0 Å². The summed E-state index contributed by atoms with van der Waals surface area (Å²) in [7, 11) is 0. The standard InChI is InChI=1S/C6H4.C2H7N.HI/c1-2-6-4-3-5(1)6;1-2-3;/h1-4H;2-3H2,1H3;1H. The molecule has 0 spiro atoms. The molecule has 2 aliphatic rings. The van der Waals surface area contributed by atoms with Crippen LogP contribution in [0.25, 0.3) is 11.1 Å². The molecule has 0 saturated heterocycles. The zero-order valence-corrected chi connectivity index (χ0v) is 8.33. The highest BCUT2D eigenvalue weighted by Gasteiger charge is 2.03. The Morgan fingerprint density at radius 1 is 1.10 bits per heavy atom. The Morgan fingerprint density at radius 3 is 1.30 bits per heavy atom. The van der Waals surface area contributed by atoms with Gasteiger partial charge >= 0.3 is 0 Å². The van der Waals surface area contributed by atoms with Crippen LogP contribution in [0.5, 0.6) is 0 Å². The molecule has 0 heterocycles. The van der Waals surface area contributed by atoms with Crippen molar-refractivity contribution in [2.24, 2.45) is 5.73 Å². The minimum absolute atomic E-state index is 0. The van der Waals surface area contributed by atoms with Crippen LogP contribution in [0.2, 0.25) is 0 Å². The lowest BCUT2D eigenvalue weighted by atomic mass is 9.95. The molecule has 0 bridgehead atoms. The molecule has 0 fully saturated rings. The third kappa shape index (κ3) is 1.95. The molecule has 2 heteroatoms. The molecule has 0 aromatic rings. The molecule has 0 unspecified atom stereocenters. The van der Waals surface area contributed by atoms with Gasteiger partial charge in [-0.05, 0) is 17.7 Å². The van der Waals surface area contributed by atoms with E-state index in [1.807, 2.05) is 6.92 Å². The molecule has 56 valence electrons. The highest BCUT2D eigenvalue weighted by Crippen LogP contribution is 2.29. The van der Waals surface area contributed by atoms with Crippen LogP contribution in [0.3, 0.4) is 0 Å². The Bertz CT molecular complexity index is 160. The lowest BCUT2D eigenvalue weighted by molar-refractivity contribution is 1.14. The number of fused-ring (bicyclic) bond motifs is 1. The van der Waals surface area contributed by atoms with E-state index < -0.39 is 0 Å². The molecule has 0 aromatic carbocycles. The Kier molecular flexibility index (Phi) is 4.64. The summed E-state index contributed by atoms with van der Waals surface area (Å²) in [5, 5.41) is 0. The first-order chi connectivity index (χ1) is 4.38. The maximum absolute atomic E-state index is 4.85. The predicted octanol–water partition coefficient (Wildman–Crippen LogP) is 2.25. The number of benzene rings is 1. The average Bonchev–Trinajstić information content (AvgIpc) is 1.81. The second kappa shape index (κ2) is 4.68. The molecule has 2 rings (SSSR count). The van der Waals surface area contributed by atoms with Gasteiger partial charge in [0, 0.05) is 0 Å². The largest absolute Gasteiger partial charge is 0.331 e. The number of hydrogen-bond acceptors (Lipinski definition) is 1. The first-order valence-electron chi connectivity index (χ1n) is 3.19. The van der Waals surface area contributed by atoms with Crippen molar-refractivity contribution >= 4 is 24.0 Å². The van der Waals surface area contributed by atoms with Gasteiger partial charge in [-0.25, -0.2) is 0 Å². The van der Waals surface area contributed by atoms with Crippen LogP contribution in [-0.4, -0.2) is 6.54 Å². The van der Waals surface area contributed by atoms with Gasteiger partial charge in [0.05, 0.1) is 0 Å². The smallest absolute Gasteiger partial charge is 0.0106 e. The maximum Gasteiger partial charge on any atom is -0.0106 e. The SMILES string of the molecule is CCN.I.c1cc2ccc1-2. The van der Waals surface area contributed by atoms with Crippen LogP contribution < -0.4 is 5.73 Å². The van der Waals surface area contributed by atoms with Crippen LogP contribution in [0.4, 0.5) is 0 Å². The highest BCUT2D eigenvalue weighted by atomic mass is 127. The monoisotopic (exact) mass is 249 g/mol. The van der Waals surface area contributed by atoms with Gasteiger partial charge in [-0.2, -0.15) is 0 Å². The molecule has 2 aliphatic carbocycles. The fraction of sp³-hybridized carbons (Fsp3) is 0.250.